The first-order valence-corrected chi connectivity index (χ1v) is 23.0. The molecule has 0 aliphatic carbocycles. The number of nitrogens with two attached hydrogens (primary N) is 2. The van der Waals surface area contributed by atoms with Gasteiger partial charge in [-0.05, 0) is 54.4 Å². The summed E-state index contributed by atoms with van der Waals surface area (Å²) in [4.78, 5) is 155. The molecule has 26 nitrogen and oxygen atoms in total. The van der Waals surface area contributed by atoms with Crippen molar-refractivity contribution in [3.05, 3.63) is 65.7 Å². The second-order valence-electron chi connectivity index (χ2n) is 18.0. The Hall–Kier alpha value is -8.16. The highest BCUT2D eigenvalue weighted by atomic mass is 16.4. The van der Waals surface area contributed by atoms with E-state index >= 15 is 0 Å². The lowest BCUT2D eigenvalue weighted by Crippen LogP contribution is -2.61. The molecule has 0 fully saturated rings. The Morgan fingerprint density at radius 3 is 1.23 bits per heavy atom. The van der Waals surface area contributed by atoms with Crippen LogP contribution in [0.5, 0.6) is 5.75 Å². The highest BCUT2D eigenvalue weighted by Gasteiger charge is 2.36. The summed E-state index contributed by atoms with van der Waals surface area (Å²) < 4.78 is 0. The second kappa shape index (κ2) is 29.9. The molecule has 8 amide bonds. The maximum absolute atomic E-state index is 14.3. The Labute approximate surface area is 419 Å². The minimum atomic E-state index is -2.12. The number of benzene rings is 2. The third kappa shape index (κ3) is 23.1. The number of hydrogen-bond acceptors (Lipinski definition) is 14. The number of primary amides is 1. The van der Waals surface area contributed by atoms with E-state index in [0.717, 1.165) is 0 Å². The molecule has 400 valence electrons. The van der Waals surface area contributed by atoms with E-state index in [4.69, 9.17) is 11.5 Å². The molecular weight excluding hydrogens is 963 g/mol. The smallest absolute Gasteiger partial charge is 0.326 e. The van der Waals surface area contributed by atoms with Crippen molar-refractivity contribution in [2.45, 2.75) is 134 Å². The highest BCUT2D eigenvalue weighted by Crippen LogP contribution is 2.14. The summed E-state index contributed by atoms with van der Waals surface area (Å²) >= 11 is 0. The number of phenols is 1. The first-order chi connectivity index (χ1) is 34.1. The molecule has 0 aromatic heterocycles. The molecule has 0 heterocycles. The average molecular weight is 1030 g/mol. The van der Waals surface area contributed by atoms with E-state index in [2.05, 4.69) is 31.9 Å². The first kappa shape index (κ1) is 61.0. The summed E-state index contributed by atoms with van der Waals surface area (Å²) in [6, 6.07) is -0.296. The summed E-state index contributed by atoms with van der Waals surface area (Å²) in [6.07, 6.45) is -5.06. The molecule has 0 saturated heterocycles. The fourth-order valence-corrected chi connectivity index (χ4v) is 7.07. The number of amides is 8. The van der Waals surface area contributed by atoms with E-state index in [-0.39, 0.29) is 43.3 Å². The topological polar surface area (TPSA) is 442 Å². The molecule has 0 aliphatic heterocycles. The van der Waals surface area contributed by atoms with Gasteiger partial charge in [-0.1, -0.05) is 70.2 Å². The molecule has 2 aromatic carbocycles. The van der Waals surface area contributed by atoms with Gasteiger partial charge in [0.1, 0.15) is 48.0 Å². The van der Waals surface area contributed by atoms with Crippen molar-refractivity contribution in [1.82, 2.24) is 37.2 Å². The molecule has 73 heavy (non-hydrogen) atoms. The van der Waals surface area contributed by atoms with E-state index in [1.165, 1.54) is 24.3 Å². The molecule has 8 unspecified atom stereocenters. The predicted octanol–water partition coefficient (Wildman–Crippen LogP) is -2.24. The molecule has 2 aromatic rings. The fourth-order valence-electron chi connectivity index (χ4n) is 7.07. The van der Waals surface area contributed by atoms with Crippen LogP contribution in [0, 0.1) is 11.8 Å². The minimum absolute atomic E-state index is 0.0350. The lowest BCUT2D eigenvalue weighted by molar-refractivity contribution is -0.144. The van der Waals surface area contributed by atoms with Crippen LogP contribution in [0.15, 0.2) is 54.6 Å². The van der Waals surface area contributed by atoms with E-state index in [1.807, 2.05) is 5.32 Å². The van der Waals surface area contributed by atoms with Crippen molar-refractivity contribution in [3.63, 3.8) is 0 Å². The summed E-state index contributed by atoms with van der Waals surface area (Å²) in [6.45, 7) is 6.91. The quantitative estimate of drug-likeness (QED) is 0.0369. The van der Waals surface area contributed by atoms with Crippen LogP contribution in [0.1, 0.15) is 83.8 Å². The van der Waals surface area contributed by atoms with Gasteiger partial charge in [0, 0.05) is 19.3 Å². The Morgan fingerprint density at radius 1 is 0.452 bits per heavy atom. The van der Waals surface area contributed by atoms with Gasteiger partial charge in [-0.15, -0.1) is 0 Å². The van der Waals surface area contributed by atoms with Crippen LogP contribution in [-0.4, -0.2) is 145 Å². The fraction of sp³-hybridized carbons (Fsp3) is 0.489. The normalized spacial score (nSPS) is 14.3. The SMILES string of the molecule is CC(C)CC(N)C(=O)NC(CC(N)=O)C(=O)NC(Cc1ccc(O)cc1)C(=O)NC(Cc1ccccc1)C(=O)NC(CC(=O)O)C(=O)NC(CC(=O)O)C(=O)NC(CCC(=O)O)C(=O)NC(CC(C)C)C(=O)O. The largest absolute Gasteiger partial charge is 0.508 e. The van der Waals surface area contributed by atoms with Gasteiger partial charge >= 0.3 is 23.9 Å². The number of hydrogen-bond donors (Lipinski definition) is 14. The second-order valence-corrected chi connectivity index (χ2v) is 18.0. The maximum atomic E-state index is 14.3. The first-order valence-electron chi connectivity index (χ1n) is 23.0. The van der Waals surface area contributed by atoms with E-state index < -0.39 is 152 Å². The molecule has 0 radical (unpaired) electrons. The molecule has 8 atom stereocenters. The van der Waals surface area contributed by atoms with Crippen LogP contribution in [0.2, 0.25) is 0 Å². The number of aromatic hydroxyl groups is 1. The highest BCUT2D eigenvalue weighted by molar-refractivity contribution is 6.00. The summed E-state index contributed by atoms with van der Waals surface area (Å²) in [5.41, 5.74) is 12.1. The van der Waals surface area contributed by atoms with Crippen molar-refractivity contribution in [1.29, 1.82) is 0 Å². The number of aliphatic carboxylic acids is 4. The maximum Gasteiger partial charge on any atom is 0.326 e. The molecule has 0 bridgehead atoms. The number of carbonyl (C=O) groups excluding carboxylic acids is 8. The van der Waals surface area contributed by atoms with Gasteiger partial charge in [0.25, 0.3) is 0 Å². The Morgan fingerprint density at radius 2 is 0.822 bits per heavy atom. The lowest BCUT2D eigenvalue weighted by atomic mass is 10.0. The van der Waals surface area contributed by atoms with E-state index in [0.29, 0.717) is 11.1 Å². The van der Waals surface area contributed by atoms with Crippen LogP contribution in [-0.2, 0) is 70.4 Å². The zero-order valence-electron chi connectivity index (χ0n) is 40.6. The van der Waals surface area contributed by atoms with Crippen LogP contribution >= 0.6 is 0 Å². The third-order valence-corrected chi connectivity index (χ3v) is 10.7. The summed E-state index contributed by atoms with van der Waals surface area (Å²) in [5, 5.41) is 64.2. The van der Waals surface area contributed by atoms with Gasteiger partial charge in [0.2, 0.25) is 47.3 Å². The standard InChI is InChI=1S/C47H65N9O17/c1-23(2)16-28(48)40(65)51-32(20-36(49)58)44(69)53-31(19-26-10-12-27(57)13-11-26)42(67)52-30(18-25-8-6-5-7-9-25)43(68)54-34(22-39(63)64)46(71)55-33(21-38(61)62)45(70)50-29(14-15-37(59)60)41(66)56-35(47(72)73)17-24(3)4/h5-13,23-24,28-35,57H,14-22,48H2,1-4H3,(H2,49,58)(H,50,70)(H,51,65)(H,52,67)(H,53,69)(H,54,68)(H,55,71)(H,56,66)(H,59,60)(H,61,62)(H,63,64)(H,72,73). The monoisotopic (exact) mass is 1030 g/mol. The van der Waals surface area contributed by atoms with Gasteiger partial charge in [0.15, 0.2) is 0 Å². The molecule has 26 heteroatoms. The summed E-state index contributed by atoms with van der Waals surface area (Å²) in [7, 11) is 0. The number of carbonyl (C=O) groups is 12. The van der Waals surface area contributed by atoms with Gasteiger partial charge in [-0.25, -0.2) is 4.79 Å². The van der Waals surface area contributed by atoms with Crippen LogP contribution < -0.4 is 48.7 Å². The lowest BCUT2D eigenvalue weighted by Gasteiger charge is -2.27. The number of rotatable bonds is 32. The molecule has 0 saturated carbocycles. The molecular formula is C47H65N9O17. The zero-order chi connectivity index (χ0) is 55.1. The van der Waals surface area contributed by atoms with Gasteiger partial charge in [-0.2, -0.15) is 0 Å². The van der Waals surface area contributed by atoms with Crippen LogP contribution in [0.3, 0.4) is 0 Å². The van der Waals surface area contributed by atoms with Crippen LogP contribution in [0.25, 0.3) is 0 Å². The number of carboxylic acids is 4. The van der Waals surface area contributed by atoms with Gasteiger partial charge < -0.3 is 74.2 Å². The predicted molar refractivity (Wildman–Crippen MR) is 255 cm³/mol. The van der Waals surface area contributed by atoms with Gasteiger partial charge in [0.05, 0.1) is 25.3 Å². The Bertz CT molecular complexity index is 2300. The van der Waals surface area contributed by atoms with E-state index in [9.17, 15) is 83.1 Å². The molecule has 0 aliphatic rings. The van der Waals surface area contributed by atoms with Crippen molar-refractivity contribution in [2.75, 3.05) is 0 Å². The number of phenolic OH excluding ortho intramolecular Hbond substituents is 1. The average Bonchev–Trinajstić information content (AvgIpc) is 3.28. The zero-order valence-corrected chi connectivity index (χ0v) is 40.6. The van der Waals surface area contributed by atoms with Crippen molar-refractivity contribution < 1.29 is 83.1 Å². The molecule has 0 spiro atoms. The number of nitrogens with one attached hydrogen (secondary N) is 7. The number of carboxylic acid groups (broad SMARTS) is 4. The van der Waals surface area contributed by atoms with E-state index in [1.54, 1.807) is 58.0 Å². The Kier molecular flexibility index (Phi) is 25.0. The minimum Gasteiger partial charge on any atom is -0.508 e. The molecule has 16 N–H and O–H groups in total. The summed E-state index contributed by atoms with van der Waals surface area (Å²) in [5.74, 6) is -15.9. The van der Waals surface area contributed by atoms with Crippen molar-refractivity contribution in [3.8, 4) is 5.75 Å². The van der Waals surface area contributed by atoms with Crippen molar-refractivity contribution in [2.24, 2.45) is 23.3 Å². The van der Waals surface area contributed by atoms with Crippen LogP contribution in [0.4, 0.5) is 0 Å². The van der Waals surface area contributed by atoms with Gasteiger partial charge in [-0.3, -0.25) is 52.7 Å². The van der Waals surface area contributed by atoms with Crippen molar-refractivity contribution >= 4 is 71.1 Å². The Balaban J connectivity index is 2.55. The third-order valence-electron chi connectivity index (χ3n) is 10.7. The molecule has 2 rings (SSSR count).